The minimum atomic E-state index is 0.0679. The van der Waals surface area contributed by atoms with Crippen molar-refractivity contribution < 1.29 is 4.79 Å². The molecule has 1 aliphatic rings. The van der Waals surface area contributed by atoms with E-state index in [0.717, 1.165) is 59.1 Å². The molecule has 0 spiro atoms. The fraction of sp³-hybridized carbons (Fsp3) is 0.320. The summed E-state index contributed by atoms with van der Waals surface area (Å²) in [5, 5.41) is 0. The monoisotopic (exact) mass is 400 g/mol. The Labute approximate surface area is 178 Å². The summed E-state index contributed by atoms with van der Waals surface area (Å²) in [5.41, 5.74) is 5.03. The maximum absolute atomic E-state index is 13.1. The van der Waals surface area contributed by atoms with Crippen LogP contribution in [0.5, 0.6) is 0 Å². The van der Waals surface area contributed by atoms with Crippen LogP contribution in [0.25, 0.3) is 11.4 Å². The Kier molecular flexibility index (Phi) is 5.79. The van der Waals surface area contributed by atoms with Crippen LogP contribution in [0.2, 0.25) is 0 Å². The number of nitrogens with zero attached hydrogens (tertiary/aromatic N) is 4. The van der Waals surface area contributed by atoms with E-state index in [1.807, 2.05) is 66.4 Å². The molecule has 0 unspecified atom stereocenters. The molecule has 3 aromatic rings. The highest BCUT2D eigenvalue weighted by molar-refractivity contribution is 5.94. The highest BCUT2D eigenvalue weighted by atomic mass is 16.2. The molecule has 30 heavy (non-hydrogen) atoms. The summed E-state index contributed by atoms with van der Waals surface area (Å²) in [6, 6.07) is 17.9. The Hall–Kier alpha value is -3.21. The van der Waals surface area contributed by atoms with Gasteiger partial charge in [0.15, 0.2) is 5.82 Å². The van der Waals surface area contributed by atoms with E-state index in [1.165, 1.54) is 0 Å². The molecular weight excluding hydrogens is 372 g/mol. The van der Waals surface area contributed by atoms with E-state index in [2.05, 4.69) is 18.7 Å². The van der Waals surface area contributed by atoms with Crippen LogP contribution in [0, 0.1) is 6.92 Å². The normalized spacial score (nSPS) is 13.1. The van der Waals surface area contributed by atoms with E-state index >= 15 is 0 Å². The summed E-state index contributed by atoms with van der Waals surface area (Å²) >= 11 is 0. The number of fused-ring (bicyclic) bond motifs is 1. The summed E-state index contributed by atoms with van der Waals surface area (Å²) in [6.07, 6.45) is 0.740. The lowest BCUT2D eigenvalue weighted by atomic mass is 10.0. The van der Waals surface area contributed by atoms with E-state index < -0.39 is 0 Å². The van der Waals surface area contributed by atoms with Gasteiger partial charge in [-0.3, -0.25) is 4.79 Å². The van der Waals surface area contributed by atoms with Crippen LogP contribution in [-0.4, -0.2) is 40.4 Å². The van der Waals surface area contributed by atoms with Crippen molar-refractivity contribution in [3.8, 4) is 11.4 Å². The van der Waals surface area contributed by atoms with Crippen LogP contribution in [0.1, 0.15) is 41.0 Å². The SMILES string of the molecule is CCN(CC)c1nc(-c2ccccc2)nc2c1CN(C(=O)c1ccc(C)cc1)CC2. The maximum Gasteiger partial charge on any atom is 0.254 e. The number of carbonyl (C=O) groups excluding carboxylic acids is 1. The van der Waals surface area contributed by atoms with Crippen molar-refractivity contribution in [2.75, 3.05) is 24.5 Å². The van der Waals surface area contributed by atoms with Crippen LogP contribution in [0.15, 0.2) is 54.6 Å². The van der Waals surface area contributed by atoms with Gasteiger partial charge >= 0.3 is 0 Å². The second-order valence-corrected chi connectivity index (χ2v) is 7.68. The molecule has 5 heteroatoms. The Morgan fingerprint density at radius 3 is 2.37 bits per heavy atom. The molecule has 5 nitrogen and oxygen atoms in total. The van der Waals surface area contributed by atoms with Gasteiger partial charge in [-0.05, 0) is 32.9 Å². The molecule has 154 valence electrons. The van der Waals surface area contributed by atoms with Gasteiger partial charge in [-0.25, -0.2) is 9.97 Å². The summed E-state index contributed by atoms with van der Waals surface area (Å²) in [7, 11) is 0. The molecule has 1 amide bonds. The van der Waals surface area contributed by atoms with Crippen molar-refractivity contribution in [3.05, 3.63) is 77.0 Å². The molecule has 1 aliphatic heterocycles. The molecule has 0 saturated carbocycles. The number of aryl methyl sites for hydroxylation is 1. The molecule has 0 radical (unpaired) electrons. The third-order valence-electron chi connectivity index (χ3n) is 5.72. The lowest BCUT2D eigenvalue weighted by Crippen LogP contribution is -2.38. The predicted molar refractivity (Wildman–Crippen MR) is 121 cm³/mol. The number of aromatic nitrogens is 2. The summed E-state index contributed by atoms with van der Waals surface area (Å²) in [6.45, 7) is 9.24. The van der Waals surface area contributed by atoms with Crippen LogP contribution < -0.4 is 4.90 Å². The molecule has 0 aliphatic carbocycles. The van der Waals surface area contributed by atoms with Crippen molar-refractivity contribution in [2.24, 2.45) is 0 Å². The largest absolute Gasteiger partial charge is 0.357 e. The molecule has 0 N–H and O–H groups in total. The Balaban J connectivity index is 1.71. The van der Waals surface area contributed by atoms with Gasteiger partial charge < -0.3 is 9.80 Å². The molecular formula is C25H28N4O. The first-order valence-electron chi connectivity index (χ1n) is 10.7. The number of benzene rings is 2. The summed E-state index contributed by atoms with van der Waals surface area (Å²) in [5.74, 6) is 1.78. The van der Waals surface area contributed by atoms with Crippen LogP contribution in [0.3, 0.4) is 0 Å². The zero-order valence-electron chi connectivity index (χ0n) is 17.9. The number of carbonyl (C=O) groups is 1. The Morgan fingerprint density at radius 2 is 1.70 bits per heavy atom. The molecule has 1 aromatic heterocycles. The van der Waals surface area contributed by atoms with E-state index in [1.54, 1.807) is 0 Å². The Morgan fingerprint density at radius 1 is 1.00 bits per heavy atom. The maximum atomic E-state index is 13.1. The van der Waals surface area contributed by atoms with Gasteiger partial charge in [0.25, 0.3) is 5.91 Å². The van der Waals surface area contributed by atoms with Crippen molar-refractivity contribution in [1.29, 1.82) is 0 Å². The van der Waals surface area contributed by atoms with E-state index in [4.69, 9.17) is 9.97 Å². The summed E-state index contributed by atoms with van der Waals surface area (Å²) in [4.78, 5) is 27.1. The smallest absolute Gasteiger partial charge is 0.254 e. The van der Waals surface area contributed by atoms with Crippen molar-refractivity contribution in [2.45, 2.75) is 33.7 Å². The number of hydrogen-bond donors (Lipinski definition) is 0. The standard InChI is InChI=1S/C25H28N4O/c1-4-28(5-2)24-21-17-29(25(30)20-13-11-18(3)12-14-20)16-15-22(21)26-23(27-24)19-9-7-6-8-10-19/h6-14H,4-5,15-17H2,1-3H3. The highest BCUT2D eigenvalue weighted by Gasteiger charge is 2.27. The zero-order chi connectivity index (χ0) is 21.1. The Bertz CT molecular complexity index is 1030. The molecule has 0 bridgehead atoms. The van der Waals surface area contributed by atoms with Crippen molar-refractivity contribution in [3.63, 3.8) is 0 Å². The number of anilines is 1. The van der Waals surface area contributed by atoms with Gasteiger partial charge in [0.2, 0.25) is 0 Å². The van der Waals surface area contributed by atoms with Gasteiger partial charge in [-0.15, -0.1) is 0 Å². The molecule has 0 atom stereocenters. The van der Waals surface area contributed by atoms with Gasteiger partial charge in [0.05, 0.1) is 12.2 Å². The zero-order valence-corrected chi connectivity index (χ0v) is 17.9. The molecule has 0 fully saturated rings. The van der Waals surface area contributed by atoms with Crippen LogP contribution in [-0.2, 0) is 13.0 Å². The quantitative estimate of drug-likeness (QED) is 0.633. The van der Waals surface area contributed by atoms with Crippen molar-refractivity contribution >= 4 is 11.7 Å². The average Bonchev–Trinajstić information content (AvgIpc) is 2.80. The van der Waals surface area contributed by atoms with Crippen molar-refractivity contribution in [1.82, 2.24) is 14.9 Å². The third kappa shape index (κ3) is 3.92. The predicted octanol–water partition coefficient (Wildman–Crippen LogP) is 4.50. The number of rotatable bonds is 5. The average molecular weight is 401 g/mol. The molecule has 2 aromatic carbocycles. The first kappa shape index (κ1) is 20.1. The van der Waals surface area contributed by atoms with Gasteiger partial charge in [0, 0.05) is 42.7 Å². The van der Waals surface area contributed by atoms with Gasteiger partial charge in [-0.2, -0.15) is 0 Å². The second-order valence-electron chi connectivity index (χ2n) is 7.68. The second kappa shape index (κ2) is 8.66. The lowest BCUT2D eigenvalue weighted by Gasteiger charge is -2.32. The first-order valence-corrected chi connectivity index (χ1v) is 10.7. The number of amides is 1. The molecule has 4 rings (SSSR count). The van der Waals surface area contributed by atoms with E-state index in [-0.39, 0.29) is 5.91 Å². The topological polar surface area (TPSA) is 49.3 Å². The fourth-order valence-electron chi connectivity index (χ4n) is 3.95. The van der Waals surface area contributed by atoms with Gasteiger partial charge in [-0.1, -0.05) is 48.0 Å². The number of hydrogen-bond acceptors (Lipinski definition) is 4. The first-order chi connectivity index (χ1) is 14.6. The molecule has 2 heterocycles. The van der Waals surface area contributed by atoms with E-state index in [0.29, 0.717) is 13.1 Å². The summed E-state index contributed by atoms with van der Waals surface area (Å²) < 4.78 is 0. The van der Waals surface area contributed by atoms with Crippen LogP contribution in [0.4, 0.5) is 5.82 Å². The van der Waals surface area contributed by atoms with Crippen LogP contribution >= 0.6 is 0 Å². The third-order valence-corrected chi connectivity index (χ3v) is 5.72. The molecule has 0 saturated heterocycles. The minimum absolute atomic E-state index is 0.0679. The lowest BCUT2D eigenvalue weighted by molar-refractivity contribution is 0.0733. The minimum Gasteiger partial charge on any atom is -0.357 e. The highest BCUT2D eigenvalue weighted by Crippen LogP contribution is 2.30. The van der Waals surface area contributed by atoms with E-state index in [9.17, 15) is 4.79 Å². The van der Waals surface area contributed by atoms with Gasteiger partial charge in [0.1, 0.15) is 5.82 Å². The fourth-order valence-corrected chi connectivity index (χ4v) is 3.95.